The van der Waals surface area contributed by atoms with E-state index in [1.807, 2.05) is 11.8 Å². The van der Waals surface area contributed by atoms with Gasteiger partial charge in [0.1, 0.15) is 0 Å². The highest BCUT2D eigenvalue weighted by molar-refractivity contribution is 7.99. The van der Waals surface area contributed by atoms with Gasteiger partial charge in [-0.2, -0.15) is 11.8 Å². The number of carbonyl (C=O) groups excluding carboxylic acids is 1. The molecule has 2 fully saturated rings. The Labute approximate surface area is 128 Å². The zero-order valence-corrected chi connectivity index (χ0v) is 13.7. The molecule has 1 heterocycles. The van der Waals surface area contributed by atoms with Crippen LogP contribution in [0.25, 0.3) is 0 Å². The predicted octanol–water partition coefficient (Wildman–Crippen LogP) is 3.03. The Morgan fingerprint density at radius 1 is 1.15 bits per heavy atom. The monoisotopic (exact) mass is 298 g/mol. The van der Waals surface area contributed by atoms with Gasteiger partial charge in [0.25, 0.3) is 0 Å². The van der Waals surface area contributed by atoms with Gasteiger partial charge in [0.2, 0.25) is 5.91 Å². The highest BCUT2D eigenvalue weighted by Crippen LogP contribution is 2.28. The summed E-state index contributed by atoms with van der Waals surface area (Å²) in [7, 11) is 0. The normalized spacial score (nSPS) is 28.3. The van der Waals surface area contributed by atoms with Crippen LogP contribution in [0.15, 0.2) is 0 Å². The SMILES string of the molecule is CCCN(C(=O)CC1CCSCC1)C1CCC(N)CC1. The molecule has 0 spiro atoms. The standard InChI is InChI=1S/C16H30N2OS/c1-2-9-18(15-5-3-14(17)4-6-15)16(19)12-13-7-10-20-11-8-13/h13-15H,2-12,17H2,1H3. The van der Waals surface area contributed by atoms with E-state index in [9.17, 15) is 4.79 Å². The minimum Gasteiger partial charge on any atom is -0.340 e. The molecule has 3 nitrogen and oxygen atoms in total. The molecule has 0 radical (unpaired) electrons. The van der Waals surface area contributed by atoms with Crippen molar-refractivity contribution in [2.24, 2.45) is 11.7 Å². The van der Waals surface area contributed by atoms with Gasteiger partial charge in [-0.25, -0.2) is 0 Å². The minimum absolute atomic E-state index is 0.361. The van der Waals surface area contributed by atoms with E-state index in [0.717, 1.165) is 45.1 Å². The minimum atomic E-state index is 0.361. The lowest BCUT2D eigenvalue weighted by atomic mass is 9.89. The maximum absolute atomic E-state index is 12.7. The number of amides is 1. The van der Waals surface area contributed by atoms with Crippen LogP contribution in [0.4, 0.5) is 0 Å². The molecule has 1 amide bonds. The summed E-state index contributed by atoms with van der Waals surface area (Å²) in [5, 5.41) is 0. The molecule has 0 atom stereocenters. The molecule has 1 aliphatic heterocycles. The average Bonchev–Trinajstić information content (AvgIpc) is 2.47. The Morgan fingerprint density at radius 3 is 2.40 bits per heavy atom. The van der Waals surface area contributed by atoms with Crippen LogP contribution < -0.4 is 5.73 Å². The summed E-state index contributed by atoms with van der Waals surface area (Å²) in [4.78, 5) is 14.9. The first-order valence-electron chi connectivity index (χ1n) is 8.33. The lowest BCUT2D eigenvalue weighted by Gasteiger charge is -2.37. The van der Waals surface area contributed by atoms with E-state index >= 15 is 0 Å². The molecule has 2 N–H and O–H groups in total. The van der Waals surface area contributed by atoms with E-state index in [4.69, 9.17) is 5.73 Å². The zero-order valence-electron chi connectivity index (χ0n) is 12.9. The molecule has 4 heteroatoms. The Balaban J connectivity index is 1.87. The van der Waals surface area contributed by atoms with Crippen LogP contribution in [0.3, 0.4) is 0 Å². The van der Waals surface area contributed by atoms with Gasteiger partial charge in [0.15, 0.2) is 0 Å². The molecule has 2 aliphatic rings. The smallest absolute Gasteiger partial charge is 0.223 e. The predicted molar refractivity (Wildman–Crippen MR) is 86.9 cm³/mol. The van der Waals surface area contributed by atoms with E-state index in [0.29, 0.717) is 23.9 Å². The summed E-state index contributed by atoms with van der Waals surface area (Å²) in [6.07, 6.45) is 8.67. The third-order valence-corrected chi connectivity index (χ3v) is 5.82. The fourth-order valence-corrected chi connectivity index (χ4v) is 4.68. The second kappa shape index (κ2) is 8.28. The number of hydrogen-bond acceptors (Lipinski definition) is 3. The van der Waals surface area contributed by atoms with Gasteiger partial charge in [0, 0.05) is 25.0 Å². The lowest BCUT2D eigenvalue weighted by molar-refractivity contribution is -0.135. The Morgan fingerprint density at radius 2 is 1.80 bits per heavy atom. The van der Waals surface area contributed by atoms with Crippen molar-refractivity contribution in [3.8, 4) is 0 Å². The van der Waals surface area contributed by atoms with Crippen molar-refractivity contribution < 1.29 is 4.79 Å². The molecular formula is C16H30N2OS. The summed E-state index contributed by atoms with van der Waals surface area (Å²) in [6, 6.07) is 0.820. The van der Waals surface area contributed by atoms with Gasteiger partial charge in [-0.05, 0) is 62.4 Å². The quantitative estimate of drug-likeness (QED) is 0.848. The molecular weight excluding hydrogens is 268 g/mol. The molecule has 0 aromatic rings. The van der Waals surface area contributed by atoms with Crippen LogP contribution in [-0.2, 0) is 4.79 Å². The molecule has 0 aromatic heterocycles. The number of nitrogens with two attached hydrogens (primary N) is 1. The maximum atomic E-state index is 12.7. The summed E-state index contributed by atoms with van der Waals surface area (Å²) in [5.74, 6) is 3.52. The largest absolute Gasteiger partial charge is 0.340 e. The van der Waals surface area contributed by atoms with E-state index in [1.165, 1.54) is 24.3 Å². The number of nitrogens with zero attached hydrogens (tertiary/aromatic N) is 1. The van der Waals surface area contributed by atoms with Gasteiger partial charge in [0.05, 0.1) is 0 Å². The van der Waals surface area contributed by atoms with Gasteiger partial charge in [-0.15, -0.1) is 0 Å². The Kier molecular flexibility index (Phi) is 6.69. The van der Waals surface area contributed by atoms with Gasteiger partial charge >= 0.3 is 0 Å². The first-order valence-corrected chi connectivity index (χ1v) is 9.49. The van der Waals surface area contributed by atoms with Crippen molar-refractivity contribution >= 4 is 17.7 Å². The van der Waals surface area contributed by atoms with Crippen molar-refractivity contribution in [3.63, 3.8) is 0 Å². The van der Waals surface area contributed by atoms with E-state index < -0.39 is 0 Å². The summed E-state index contributed by atoms with van der Waals surface area (Å²) < 4.78 is 0. The van der Waals surface area contributed by atoms with Crippen molar-refractivity contribution in [3.05, 3.63) is 0 Å². The van der Waals surface area contributed by atoms with Crippen LogP contribution in [0.2, 0.25) is 0 Å². The molecule has 2 rings (SSSR count). The van der Waals surface area contributed by atoms with Gasteiger partial charge < -0.3 is 10.6 Å². The van der Waals surface area contributed by atoms with Crippen LogP contribution in [-0.4, -0.2) is 40.9 Å². The fraction of sp³-hybridized carbons (Fsp3) is 0.938. The Hall–Kier alpha value is -0.220. The van der Waals surface area contributed by atoms with Gasteiger partial charge in [-0.1, -0.05) is 6.92 Å². The summed E-state index contributed by atoms with van der Waals surface area (Å²) in [5.41, 5.74) is 5.99. The molecule has 0 aromatic carbocycles. The van der Waals surface area contributed by atoms with Crippen molar-refractivity contribution in [1.82, 2.24) is 4.90 Å². The van der Waals surface area contributed by atoms with E-state index in [1.54, 1.807) is 0 Å². The third-order valence-electron chi connectivity index (χ3n) is 4.77. The first kappa shape index (κ1) is 16.2. The van der Waals surface area contributed by atoms with E-state index in [2.05, 4.69) is 11.8 Å². The highest BCUT2D eigenvalue weighted by atomic mass is 32.2. The molecule has 0 unspecified atom stereocenters. The molecule has 1 aliphatic carbocycles. The topological polar surface area (TPSA) is 46.3 Å². The maximum Gasteiger partial charge on any atom is 0.223 e. The molecule has 20 heavy (non-hydrogen) atoms. The van der Waals surface area contributed by atoms with Crippen LogP contribution in [0.1, 0.15) is 58.3 Å². The molecule has 1 saturated heterocycles. The van der Waals surface area contributed by atoms with Crippen molar-refractivity contribution in [2.75, 3.05) is 18.1 Å². The second-order valence-corrected chi connectivity index (χ2v) is 7.64. The average molecular weight is 298 g/mol. The highest BCUT2D eigenvalue weighted by Gasteiger charge is 2.28. The molecule has 116 valence electrons. The Bertz CT molecular complexity index is 297. The van der Waals surface area contributed by atoms with Crippen molar-refractivity contribution in [1.29, 1.82) is 0 Å². The molecule has 1 saturated carbocycles. The van der Waals surface area contributed by atoms with Crippen LogP contribution >= 0.6 is 11.8 Å². The summed E-state index contributed by atoms with van der Waals surface area (Å²) >= 11 is 2.03. The third kappa shape index (κ3) is 4.66. The zero-order chi connectivity index (χ0) is 14.4. The lowest BCUT2D eigenvalue weighted by Crippen LogP contribution is -2.45. The van der Waals surface area contributed by atoms with Crippen LogP contribution in [0, 0.1) is 5.92 Å². The second-order valence-electron chi connectivity index (χ2n) is 6.42. The molecule has 0 bridgehead atoms. The number of hydrogen-bond donors (Lipinski definition) is 1. The summed E-state index contributed by atoms with van der Waals surface area (Å²) in [6.45, 7) is 3.10. The van der Waals surface area contributed by atoms with Crippen LogP contribution in [0.5, 0.6) is 0 Å². The fourth-order valence-electron chi connectivity index (χ4n) is 3.48. The number of rotatable bonds is 5. The van der Waals surface area contributed by atoms with Crippen molar-refractivity contribution in [2.45, 2.75) is 70.4 Å². The van der Waals surface area contributed by atoms with Gasteiger partial charge in [-0.3, -0.25) is 4.79 Å². The van der Waals surface area contributed by atoms with E-state index in [-0.39, 0.29) is 0 Å². The number of thioether (sulfide) groups is 1. The first-order chi connectivity index (χ1) is 9.70. The number of carbonyl (C=O) groups is 1.